The number of hydrogen-bond donors (Lipinski definition) is 2. The number of rotatable bonds is 5. The van der Waals surface area contributed by atoms with Gasteiger partial charge in [-0.3, -0.25) is 14.9 Å². The van der Waals surface area contributed by atoms with Crippen LogP contribution in [-0.4, -0.2) is 30.9 Å². The van der Waals surface area contributed by atoms with E-state index in [1.807, 2.05) is 54.6 Å². The lowest BCUT2D eigenvalue weighted by Crippen LogP contribution is -2.12. The van der Waals surface area contributed by atoms with Gasteiger partial charge in [-0.05, 0) is 43.3 Å². The molecule has 152 valence electrons. The number of aromatic amines is 1. The molecule has 0 unspecified atom stereocenters. The van der Waals surface area contributed by atoms with Crippen LogP contribution in [0.3, 0.4) is 0 Å². The topological polar surface area (TPSA) is 88.5 Å². The summed E-state index contributed by atoms with van der Waals surface area (Å²) in [6, 6.07) is 19.3. The standard InChI is InChI=1S/C23H18N6OS/c1-15-9-10-20(31-15)19-12-21(27-26-19)25-23(30)18-14-29(17-7-3-2-4-8-17)28-22(18)16-6-5-11-24-13-16/h2-14H,1H3,(H2,25,26,27,30). The van der Waals surface area contributed by atoms with E-state index in [9.17, 15) is 4.79 Å². The first-order valence-electron chi connectivity index (χ1n) is 9.66. The fraction of sp³-hybridized carbons (Fsp3) is 0.0435. The second-order valence-corrected chi connectivity index (χ2v) is 8.23. The highest BCUT2D eigenvalue weighted by Crippen LogP contribution is 2.28. The minimum atomic E-state index is -0.290. The third-order valence-corrected chi connectivity index (χ3v) is 5.77. The van der Waals surface area contributed by atoms with Crippen LogP contribution in [0.1, 0.15) is 15.2 Å². The zero-order valence-corrected chi connectivity index (χ0v) is 17.4. The lowest BCUT2D eigenvalue weighted by atomic mass is 10.1. The first-order chi connectivity index (χ1) is 15.2. The summed E-state index contributed by atoms with van der Waals surface area (Å²) in [7, 11) is 0. The van der Waals surface area contributed by atoms with Crippen molar-refractivity contribution in [2.75, 3.05) is 5.32 Å². The molecule has 0 aliphatic carbocycles. The Labute approximate surface area is 182 Å². The van der Waals surface area contributed by atoms with Crippen molar-refractivity contribution in [2.45, 2.75) is 6.92 Å². The number of nitrogens with one attached hydrogen (secondary N) is 2. The van der Waals surface area contributed by atoms with E-state index in [1.54, 1.807) is 34.6 Å². The minimum absolute atomic E-state index is 0.290. The summed E-state index contributed by atoms with van der Waals surface area (Å²) in [6.45, 7) is 2.05. The molecule has 0 radical (unpaired) electrons. The second-order valence-electron chi connectivity index (χ2n) is 6.94. The molecule has 0 saturated carbocycles. The molecule has 1 amide bonds. The van der Waals surface area contributed by atoms with Gasteiger partial charge in [-0.15, -0.1) is 11.3 Å². The number of para-hydroxylation sites is 1. The lowest BCUT2D eigenvalue weighted by molar-refractivity contribution is 0.102. The Balaban J connectivity index is 1.48. The number of carbonyl (C=O) groups is 1. The average molecular weight is 427 g/mol. The van der Waals surface area contributed by atoms with Gasteiger partial charge in [0, 0.05) is 35.1 Å². The van der Waals surface area contributed by atoms with Gasteiger partial charge in [-0.25, -0.2) is 4.68 Å². The van der Waals surface area contributed by atoms with Crippen LogP contribution >= 0.6 is 11.3 Å². The molecular weight excluding hydrogens is 408 g/mol. The molecule has 1 aromatic carbocycles. The molecule has 0 atom stereocenters. The van der Waals surface area contributed by atoms with Gasteiger partial charge in [0.15, 0.2) is 5.82 Å². The summed E-state index contributed by atoms with van der Waals surface area (Å²) in [6.07, 6.45) is 5.11. The van der Waals surface area contributed by atoms with Crippen molar-refractivity contribution >= 4 is 23.1 Å². The highest BCUT2D eigenvalue weighted by molar-refractivity contribution is 7.15. The van der Waals surface area contributed by atoms with E-state index >= 15 is 0 Å². The van der Waals surface area contributed by atoms with Gasteiger partial charge >= 0.3 is 0 Å². The molecule has 8 heteroatoms. The first-order valence-corrected chi connectivity index (χ1v) is 10.5. The van der Waals surface area contributed by atoms with Crippen molar-refractivity contribution in [1.29, 1.82) is 0 Å². The van der Waals surface area contributed by atoms with Crippen LogP contribution in [0.25, 0.3) is 27.5 Å². The zero-order valence-electron chi connectivity index (χ0n) is 16.6. The molecule has 2 N–H and O–H groups in total. The number of carbonyl (C=O) groups excluding carboxylic acids is 1. The smallest absolute Gasteiger partial charge is 0.260 e. The predicted molar refractivity (Wildman–Crippen MR) is 121 cm³/mol. The number of hydrogen-bond acceptors (Lipinski definition) is 5. The molecule has 0 bridgehead atoms. The Morgan fingerprint density at radius 2 is 1.97 bits per heavy atom. The fourth-order valence-electron chi connectivity index (χ4n) is 3.24. The third-order valence-electron chi connectivity index (χ3n) is 4.74. The maximum atomic E-state index is 13.2. The number of benzene rings is 1. The Bertz CT molecular complexity index is 1340. The summed E-state index contributed by atoms with van der Waals surface area (Å²) >= 11 is 1.67. The monoisotopic (exact) mass is 426 g/mol. The minimum Gasteiger partial charge on any atom is -0.305 e. The van der Waals surface area contributed by atoms with Crippen LogP contribution in [0.5, 0.6) is 0 Å². The largest absolute Gasteiger partial charge is 0.305 e. The first kappa shape index (κ1) is 19.0. The van der Waals surface area contributed by atoms with Crippen LogP contribution < -0.4 is 5.32 Å². The SMILES string of the molecule is Cc1ccc(-c2cc(NC(=O)c3cn(-c4ccccc4)nc3-c3cccnc3)n[nH]2)s1. The van der Waals surface area contributed by atoms with E-state index in [0.717, 1.165) is 21.8 Å². The third kappa shape index (κ3) is 3.88. The summed E-state index contributed by atoms with van der Waals surface area (Å²) in [5, 5.41) is 14.8. The molecule has 0 fully saturated rings. The van der Waals surface area contributed by atoms with Gasteiger partial charge in [-0.2, -0.15) is 10.2 Å². The van der Waals surface area contributed by atoms with Crippen molar-refractivity contribution in [3.63, 3.8) is 0 Å². The summed E-state index contributed by atoms with van der Waals surface area (Å²) in [5.74, 6) is 0.164. The van der Waals surface area contributed by atoms with E-state index in [2.05, 4.69) is 38.6 Å². The maximum absolute atomic E-state index is 13.2. The fourth-order valence-corrected chi connectivity index (χ4v) is 4.08. The Morgan fingerprint density at radius 1 is 1.10 bits per heavy atom. The number of H-pyrrole nitrogens is 1. The molecule has 0 aliphatic rings. The Kier molecular flexibility index (Phi) is 4.89. The molecule has 0 saturated heterocycles. The van der Waals surface area contributed by atoms with E-state index in [-0.39, 0.29) is 5.91 Å². The van der Waals surface area contributed by atoms with Gasteiger partial charge in [0.2, 0.25) is 0 Å². The number of aryl methyl sites for hydroxylation is 1. The van der Waals surface area contributed by atoms with Crippen LogP contribution in [-0.2, 0) is 0 Å². The molecule has 7 nitrogen and oxygen atoms in total. The number of pyridine rings is 1. The second kappa shape index (κ2) is 8.00. The molecule has 4 heterocycles. The van der Waals surface area contributed by atoms with Crippen LogP contribution in [0, 0.1) is 6.92 Å². The quantitative estimate of drug-likeness (QED) is 0.416. The van der Waals surface area contributed by atoms with Gasteiger partial charge in [0.25, 0.3) is 5.91 Å². The lowest BCUT2D eigenvalue weighted by Gasteiger charge is -2.02. The molecule has 31 heavy (non-hydrogen) atoms. The molecular formula is C23H18N6OS. The van der Waals surface area contributed by atoms with E-state index in [4.69, 9.17) is 0 Å². The zero-order chi connectivity index (χ0) is 21.2. The van der Waals surface area contributed by atoms with E-state index < -0.39 is 0 Å². The van der Waals surface area contributed by atoms with Gasteiger partial charge in [0.1, 0.15) is 5.69 Å². The number of anilines is 1. The van der Waals surface area contributed by atoms with Crippen LogP contribution in [0.4, 0.5) is 5.82 Å². The number of aromatic nitrogens is 5. The predicted octanol–water partition coefficient (Wildman–Crippen LogP) is 4.95. The highest BCUT2D eigenvalue weighted by atomic mass is 32.1. The van der Waals surface area contributed by atoms with Gasteiger partial charge < -0.3 is 5.32 Å². The normalized spacial score (nSPS) is 10.9. The van der Waals surface area contributed by atoms with Crippen molar-refractivity contribution in [3.8, 4) is 27.5 Å². The number of nitrogens with zero attached hydrogens (tertiary/aromatic N) is 4. The van der Waals surface area contributed by atoms with Crippen LogP contribution in [0.2, 0.25) is 0 Å². The van der Waals surface area contributed by atoms with Crippen LogP contribution in [0.15, 0.2) is 79.3 Å². The molecule has 0 spiro atoms. The number of thiophene rings is 1. The van der Waals surface area contributed by atoms with Crippen molar-refractivity contribution in [1.82, 2.24) is 25.0 Å². The average Bonchev–Trinajstić information content (AvgIpc) is 3.54. The van der Waals surface area contributed by atoms with E-state index in [0.29, 0.717) is 17.1 Å². The summed E-state index contributed by atoms with van der Waals surface area (Å²) < 4.78 is 1.70. The molecule has 4 aromatic heterocycles. The summed E-state index contributed by atoms with van der Waals surface area (Å²) in [5.41, 5.74) is 3.48. The van der Waals surface area contributed by atoms with Gasteiger partial charge in [0.05, 0.1) is 21.8 Å². The molecule has 0 aliphatic heterocycles. The highest BCUT2D eigenvalue weighted by Gasteiger charge is 2.20. The van der Waals surface area contributed by atoms with Gasteiger partial charge in [-0.1, -0.05) is 18.2 Å². The number of amides is 1. The van der Waals surface area contributed by atoms with Crippen molar-refractivity contribution in [3.05, 3.63) is 89.7 Å². The summed E-state index contributed by atoms with van der Waals surface area (Å²) in [4.78, 5) is 19.6. The Hall–Kier alpha value is -4.04. The Morgan fingerprint density at radius 3 is 2.71 bits per heavy atom. The molecule has 5 rings (SSSR count). The maximum Gasteiger partial charge on any atom is 0.260 e. The molecule has 5 aromatic rings. The van der Waals surface area contributed by atoms with E-state index in [1.165, 1.54) is 4.88 Å². The van der Waals surface area contributed by atoms with Crippen molar-refractivity contribution in [2.24, 2.45) is 0 Å². The van der Waals surface area contributed by atoms with Crippen molar-refractivity contribution < 1.29 is 4.79 Å².